The molecule has 108 valence electrons. The lowest BCUT2D eigenvalue weighted by molar-refractivity contribution is 0.600. The average molecular weight is 314 g/mol. The normalized spacial score (nSPS) is 11.6. The van der Waals surface area contributed by atoms with E-state index in [-0.39, 0.29) is 16.1 Å². The molecule has 0 spiro atoms. The third-order valence-electron chi connectivity index (χ3n) is 2.93. The summed E-state index contributed by atoms with van der Waals surface area (Å²) in [5.41, 5.74) is 6.02. The zero-order chi connectivity index (χ0) is 14.9. The minimum absolute atomic E-state index is 0.187. The number of hydrogen-bond donors (Lipinski definition) is 2. The highest BCUT2D eigenvalue weighted by Gasteiger charge is 2.21. The maximum absolute atomic E-state index is 13.4. The molecule has 4 nitrogen and oxygen atoms in total. The molecule has 0 fully saturated rings. The second-order valence-corrected chi connectivity index (χ2v) is 7.35. The Balaban J connectivity index is 2.40. The standard InChI is InChI=1S/C13H15FN2O2S2/c1-8-11(14)4-3-5-12(8)16-20(17,18)13-6-10(7-15)19-9(13)2/h3-6,16H,7,15H2,1-2H3. The third kappa shape index (κ3) is 2.84. The van der Waals surface area contributed by atoms with Crippen LogP contribution in [-0.2, 0) is 16.6 Å². The predicted molar refractivity (Wildman–Crippen MR) is 78.9 cm³/mol. The maximum Gasteiger partial charge on any atom is 0.263 e. The van der Waals surface area contributed by atoms with Gasteiger partial charge in [0.05, 0.1) is 5.69 Å². The van der Waals surface area contributed by atoms with E-state index in [0.29, 0.717) is 11.4 Å². The van der Waals surface area contributed by atoms with Crippen molar-refractivity contribution in [3.05, 3.63) is 45.4 Å². The van der Waals surface area contributed by atoms with Crippen LogP contribution in [-0.4, -0.2) is 8.42 Å². The van der Waals surface area contributed by atoms with Crippen LogP contribution in [0.1, 0.15) is 15.3 Å². The van der Waals surface area contributed by atoms with Crippen molar-refractivity contribution in [1.29, 1.82) is 0 Å². The molecule has 0 unspecified atom stereocenters. The Bertz CT molecular complexity index is 739. The molecule has 0 bridgehead atoms. The maximum atomic E-state index is 13.4. The molecule has 0 aliphatic carbocycles. The van der Waals surface area contributed by atoms with Crippen molar-refractivity contribution in [3.8, 4) is 0 Å². The molecular formula is C13H15FN2O2S2. The number of hydrogen-bond acceptors (Lipinski definition) is 4. The van der Waals surface area contributed by atoms with Crippen LogP contribution in [0.3, 0.4) is 0 Å². The number of thiophene rings is 1. The van der Waals surface area contributed by atoms with Crippen LogP contribution >= 0.6 is 11.3 Å². The van der Waals surface area contributed by atoms with Gasteiger partial charge in [0.25, 0.3) is 10.0 Å². The van der Waals surface area contributed by atoms with E-state index < -0.39 is 15.8 Å². The second kappa shape index (κ2) is 5.51. The number of aryl methyl sites for hydroxylation is 1. The summed E-state index contributed by atoms with van der Waals surface area (Å²) < 4.78 is 40.6. The summed E-state index contributed by atoms with van der Waals surface area (Å²) in [5, 5.41) is 0. The van der Waals surface area contributed by atoms with E-state index in [1.165, 1.54) is 36.5 Å². The van der Waals surface area contributed by atoms with Crippen LogP contribution in [0.2, 0.25) is 0 Å². The zero-order valence-corrected chi connectivity index (χ0v) is 12.7. The fourth-order valence-electron chi connectivity index (χ4n) is 1.81. The molecule has 2 rings (SSSR count). The summed E-state index contributed by atoms with van der Waals surface area (Å²) in [6.07, 6.45) is 0. The first kappa shape index (κ1) is 15.0. The van der Waals surface area contributed by atoms with Crippen molar-refractivity contribution in [3.63, 3.8) is 0 Å². The molecule has 2 aromatic rings. The summed E-state index contributed by atoms with van der Waals surface area (Å²) in [6, 6.07) is 5.83. The Morgan fingerprint density at radius 1 is 1.35 bits per heavy atom. The van der Waals surface area contributed by atoms with Crippen LogP contribution in [0, 0.1) is 19.7 Å². The van der Waals surface area contributed by atoms with Gasteiger partial charge in [0, 0.05) is 21.9 Å². The SMILES string of the molecule is Cc1sc(CN)cc1S(=O)(=O)Nc1cccc(F)c1C. The first-order valence-electron chi connectivity index (χ1n) is 5.92. The summed E-state index contributed by atoms with van der Waals surface area (Å²) in [6.45, 7) is 3.54. The van der Waals surface area contributed by atoms with E-state index in [2.05, 4.69) is 4.72 Å². The number of nitrogens with two attached hydrogens (primary N) is 1. The van der Waals surface area contributed by atoms with E-state index in [0.717, 1.165) is 4.88 Å². The fourth-order valence-corrected chi connectivity index (χ4v) is 4.45. The smallest absolute Gasteiger partial charge is 0.263 e. The number of halogens is 1. The van der Waals surface area contributed by atoms with E-state index in [1.807, 2.05) is 0 Å². The number of anilines is 1. The molecule has 0 saturated carbocycles. The predicted octanol–water partition coefficient (Wildman–Crippen LogP) is 2.76. The highest BCUT2D eigenvalue weighted by atomic mass is 32.2. The molecule has 1 aromatic heterocycles. The highest BCUT2D eigenvalue weighted by molar-refractivity contribution is 7.93. The number of benzene rings is 1. The van der Waals surface area contributed by atoms with Gasteiger partial charge >= 0.3 is 0 Å². The first-order chi connectivity index (χ1) is 9.35. The van der Waals surface area contributed by atoms with Crippen molar-refractivity contribution in [2.75, 3.05) is 4.72 Å². The molecule has 7 heteroatoms. The molecule has 0 radical (unpaired) electrons. The number of nitrogens with one attached hydrogen (secondary N) is 1. The summed E-state index contributed by atoms with van der Waals surface area (Å²) in [7, 11) is -3.73. The van der Waals surface area contributed by atoms with Gasteiger partial charge in [-0.2, -0.15) is 0 Å². The lowest BCUT2D eigenvalue weighted by Gasteiger charge is -2.10. The summed E-state index contributed by atoms with van der Waals surface area (Å²) in [4.78, 5) is 1.64. The number of rotatable bonds is 4. The highest BCUT2D eigenvalue weighted by Crippen LogP contribution is 2.28. The number of sulfonamides is 1. The van der Waals surface area contributed by atoms with Crippen LogP contribution in [0.15, 0.2) is 29.2 Å². The molecule has 1 aromatic carbocycles. The average Bonchev–Trinajstić information content (AvgIpc) is 2.77. The lowest BCUT2D eigenvalue weighted by Crippen LogP contribution is -2.14. The fraction of sp³-hybridized carbons (Fsp3) is 0.231. The van der Waals surface area contributed by atoms with Crippen molar-refractivity contribution in [1.82, 2.24) is 0 Å². The monoisotopic (exact) mass is 314 g/mol. The minimum atomic E-state index is -3.73. The molecule has 0 amide bonds. The van der Waals surface area contributed by atoms with Gasteiger partial charge in [-0.1, -0.05) is 6.07 Å². The van der Waals surface area contributed by atoms with Gasteiger partial charge in [-0.3, -0.25) is 4.72 Å². The Hall–Kier alpha value is -1.44. The Labute approximate surface area is 121 Å². The van der Waals surface area contributed by atoms with Gasteiger partial charge in [0.2, 0.25) is 0 Å². The minimum Gasteiger partial charge on any atom is -0.326 e. The second-order valence-electron chi connectivity index (χ2n) is 4.36. The molecule has 1 heterocycles. The largest absolute Gasteiger partial charge is 0.326 e. The third-order valence-corrected chi connectivity index (χ3v) is 5.62. The van der Waals surface area contributed by atoms with Crippen LogP contribution < -0.4 is 10.5 Å². The quantitative estimate of drug-likeness (QED) is 0.911. The topological polar surface area (TPSA) is 72.2 Å². The van der Waals surface area contributed by atoms with E-state index in [9.17, 15) is 12.8 Å². The van der Waals surface area contributed by atoms with E-state index >= 15 is 0 Å². The van der Waals surface area contributed by atoms with Crippen LogP contribution in [0.25, 0.3) is 0 Å². The van der Waals surface area contributed by atoms with Crippen LogP contribution in [0.5, 0.6) is 0 Å². The Kier molecular flexibility index (Phi) is 4.12. The van der Waals surface area contributed by atoms with Crippen molar-refractivity contribution in [2.45, 2.75) is 25.3 Å². The van der Waals surface area contributed by atoms with Gasteiger partial charge in [-0.15, -0.1) is 11.3 Å². The molecule has 20 heavy (non-hydrogen) atoms. The Morgan fingerprint density at radius 2 is 2.05 bits per heavy atom. The summed E-state index contributed by atoms with van der Waals surface area (Å²) in [5.74, 6) is -0.449. The van der Waals surface area contributed by atoms with Crippen LogP contribution in [0.4, 0.5) is 10.1 Å². The molecular weight excluding hydrogens is 299 g/mol. The molecule has 0 aliphatic heterocycles. The van der Waals surface area contributed by atoms with Gasteiger partial charge in [0.15, 0.2) is 0 Å². The van der Waals surface area contributed by atoms with Gasteiger partial charge in [0.1, 0.15) is 10.7 Å². The zero-order valence-electron chi connectivity index (χ0n) is 11.1. The van der Waals surface area contributed by atoms with Gasteiger partial charge < -0.3 is 5.73 Å². The molecule has 0 aliphatic rings. The molecule has 0 atom stereocenters. The Morgan fingerprint density at radius 3 is 2.65 bits per heavy atom. The van der Waals surface area contributed by atoms with Crippen molar-refractivity contribution >= 4 is 27.0 Å². The first-order valence-corrected chi connectivity index (χ1v) is 8.22. The van der Waals surface area contributed by atoms with Crippen molar-refractivity contribution in [2.24, 2.45) is 5.73 Å². The van der Waals surface area contributed by atoms with Gasteiger partial charge in [-0.05, 0) is 32.0 Å². The lowest BCUT2D eigenvalue weighted by atomic mass is 10.2. The van der Waals surface area contributed by atoms with E-state index in [1.54, 1.807) is 13.0 Å². The molecule has 3 N–H and O–H groups in total. The molecule has 0 saturated heterocycles. The van der Waals surface area contributed by atoms with Crippen molar-refractivity contribution < 1.29 is 12.8 Å². The van der Waals surface area contributed by atoms with Gasteiger partial charge in [-0.25, -0.2) is 12.8 Å². The van der Waals surface area contributed by atoms with E-state index in [4.69, 9.17) is 5.73 Å². The summed E-state index contributed by atoms with van der Waals surface area (Å²) >= 11 is 1.34.